The van der Waals surface area contributed by atoms with Crippen molar-refractivity contribution in [2.75, 3.05) is 20.1 Å². The van der Waals surface area contributed by atoms with Crippen molar-refractivity contribution in [1.82, 2.24) is 14.5 Å². The lowest BCUT2D eigenvalue weighted by Crippen LogP contribution is -2.29. The van der Waals surface area contributed by atoms with Crippen LogP contribution in [0.3, 0.4) is 0 Å². The number of benzene rings is 2. The molecule has 0 bridgehead atoms. The lowest BCUT2D eigenvalue weighted by atomic mass is 9.83. The Morgan fingerprint density at radius 3 is 2.64 bits per heavy atom. The minimum absolute atomic E-state index is 0.247. The second-order valence-electron chi connectivity index (χ2n) is 8.69. The van der Waals surface area contributed by atoms with Crippen molar-refractivity contribution in [3.8, 4) is 5.69 Å². The number of likely N-dealkylation sites (tertiary alicyclic amines) is 1. The topological polar surface area (TPSA) is 38.1 Å². The highest BCUT2D eigenvalue weighted by molar-refractivity contribution is 6.35. The van der Waals surface area contributed by atoms with Crippen LogP contribution in [0.4, 0.5) is 0 Å². The van der Waals surface area contributed by atoms with Crippen molar-refractivity contribution in [2.24, 2.45) is 0 Å². The van der Waals surface area contributed by atoms with E-state index in [2.05, 4.69) is 53.5 Å². The van der Waals surface area contributed by atoms with E-state index in [0.29, 0.717) is 16.3 Å². The van der Waals surface area contributed by atoms with E-state index in [1.54, 1.807) is 6.07 Å². The van der Waals surface area contributed by atoms with Crippen LogP contribution in [0.1, 0.15) is 49.6 Å². The van der Waals surface area contributed by atoms with E-state index in [9.17, 15) is 4.79 Å². The Hall–Kier alpha value is -2.17. The van der Waals surface area contributed by atoms with Gasteiger partial charge in [0.15, 0.2) is 0 Å². The summed E-state index contributed by atoms with van der Waals surface area (Å²) in [5, 5.41) is 0.962. The molecule has 144 valence electrons. The molecule has 0 aliphatic carbocycles. The predicted octanol–water partition coefficient (Wildman–Crippen LogP) is 4.49. The first-order valence-corrected chi connectivity index (χ1v) is 10.3. The van der Waals surface area contributed by atoms with Crippen molar-refractivity contribution < 1.29 is 0 Å². The van der Waals surface area contributed by atoms with Gasteiger partial charge in [-0.1, -0.05) is 29.8 Å². The molecule has 1 aromatic heterocycles. The summed E-state index contributed by atoms with van der Waals surface area (Å²) in [6.07, 6.45) is 2.36. The summed E-state index contributed by atoms with van der Waals surface area (Å²) >= 11 is 6.37. The molecule has 0 radical (unpaired) electrons. The fourth-order valence-electron chi connectivity index (χ4n) is 4.87. The molecule has 0 spiro atoms. The molecule has 2 aromatic carbocycles. The third-order valence-corrected chi connectivity index (χ3v) is 6.87. The monoisotopic (exact) mass is 393 g/mol. The highest BCUT2D eigenvalue weighted by Gasteiger charge is 2.39. The first-order chi connectivity index (χ1) is 13.4. The van der Waals surface area contributed by atoms with E-state index in [0.717, 1.165) is 30.1 Å². The van der Waals surface area contributed by atoms with Crippen molar-refractivity contribution in [2.45, 2.75) is 38.0 Å². The highest BCUT2D eigenvalue weighted by Crippen LogP contribution is 2.44. The van der Waals surface area contributed by atoms with Gasteiger partial charge in [0.05, 0.1) is 27.0 Å². The van der Waals surface area contributed by atoms with Crippen molar-refractivity contribution in [1.29, 1.82) is 0 Å². The van der Waals surface area contributed by atoms with Crippen LogP contribution in [0, 0.1) is 0 Å². The molecule has 28 heavy (non-hydrogen) atoms. The zero-order chi connectivity index (χ0) is 19.6. The summed E-state index contributed by atoms with van der Waals surface area (Å²) in [5.74, 6) is 1.37. The number of rotatable bonds is 1. The standard InChI is InChI=1S/C23H24ClN3O/c1-23(2)16-8-7-15(14-9-11-26(3)12-10-14)13-19(16)27-18-6-4-5-17(24)20(18)21(28)25-22(23)27/h4-8,13-14H,9-12H2,1-3H3. The summed E-state index contributed by atoms with van der Waals surface area (Å²) in [6, 6.07) is 12.5. The molecule has 2 aliphatic rings. The molecule has 3 aromatic rings. The van der Waals surface area contributed by atoms with Crippen molar-refractivity contribution in [3.63, 3.8) is 0 Å². The van der Waals surface area contributed by atoms with Crippen LogP contribution in [0.5, 0.6) is 0 Å². The Labute approximate surface area is 169 Å². The van der Waals surface area contributed by atoms with Gasteiger partial charge in [-0.05, 0) is 82.1 Å². The quantitative estimate of drug-likeness (QED) is 0.611. The van der Waals surface area contributed by atoms with Gasteiger partial charge >= 0.3 is 0 Å². The van der Waals surface area contributed by atoms with Gasteiger partial charge in [-0.25, -0.2) is 0 Å². The van der Waals surface area contributed by atoms with Gasteiger partial charge in [-0.2, -0.15) is 4.98 Å². The largest absolute Gasteiger partial charge is 0.306 e. The molecule has 0 unspecified atom stereocenters. The average Bonchev–Trinajstić information content (AvgIpc) is 2.89. The second-order valence-corrected chi connectivity index (χ2v) is 9.10. The third-order valence-electron chi connectivity index (χ3n) is 6.55. The minimum atomic E-state index is -0.323. The van der Waals surface area contributed by atoms with Gasteiger partial charge < -0.3 is 4.90 Å². The zero-order valence-electron chi connectivity index (χ0n) is 16.5. The number of piperidine rings is 1. The van der Waals surface area contributed by atoms with Crippen LogP contribution in [-0.4, -0.2) is 34.6 Å². The molecular weight excluding hydrogens is 370 g/mol. The average molecular weight is 394 g/mol. The summed E-state index contributed by atoms with van der Waals surface area (Å²) in [7, 11) is 2.19. The van der Waals surface area contributed by atoms with Crippen LogP contribution in [-0.2, 0) is 5.41 Å². The number of hydrogen-bond acceptors (Lipinski definition) is 3. The minimum Gasteiger partial charge on any atom is -0.306 e. The molecule has 2 aliphatic heterocycles. The Morgan fingerprint density at radius 2 is 1.89 bits per heavy atom. The maximum Gasteiger partial charge on any atom is 0.282 e. The van der Waals surface area contributed by atoms with Crippen LogP contribution in [0.15, 0.2) is 41.2 Å². The number of aromatic nitrogens is 2. The second kappa shape index (κ2) is 6.16. The molecule has 1 fully saturated rings. The molecule has 3 heterocycles. The maximum absolute atomic E-state index is 12.7. The normalized spacial score (nSPS) is 19.0. The SMILES string of the molecule is CN1CCC(c2ccc3c(c2)-n2c(nc(=O)c4c(Cl)cccc42)C3(C)C)CC1. The van der Waals surface area contributed by atoms with Crippen molar-refractivity contribution >= 4 is 22.5 Å². The molecule has 0 saturated carbocycles. The highest BCUT2D eigenvalue weighted by atomic mass is 35.5. The molecule has 0 amide bonds. The van der Waals surface area contributed by atoms with Gasteiger partial charge in [0.2, 0.25) is 0 Å². The number of nitrogens with zero attached hydrogens (tertiary/aromatic N) is 3. The summed E-state index contributed by atoms with van der Waals surface area (Å²) in [5.41, 5.74) is 4.00. The molecule has 0 atom stereocenters. The van der Waals surface area contributed by atoms with Crippen LogP contribution >= 0.6 is 11.6 Å². The number of fused-ring (bicyclic) bond motifs is 5. The lowest BCUT2D eigenvalue weighted by Gasteiger charge is -2.29. The zero-order valence-corrected chi connectivity index (χ0v) is 17.3. The lowest BCUT2D eigenvalue weighted by molar-refractivity contribution is 0.255. The molecule has 5 heteroatoms. The summed E-state index contributed by atoms with van der Waals surface area (Å²) < 4.78 is 2.15. The fraction of sp³-hybridized carbons (Fsp3) is 0.391. The summed E-state index contributed by atoms with van der Waals surface area (Å²) in [4.78, 5) is 19.6. The number of halogens is 1. The van der Waals surface area contributed by atoms with Crippen LogP contribution in [0.2, 0.25) is 5.02 Å². The molecule has 5 rings (SSSR count). The number of hydrogen-bond donors (Lipinski definition) is 0. The molecule has 1 saturated heterocycles. The van der Waals surface area contributed by atoms with E-state index in [1.807, 2.05) is 12.1 Å². The Kier molecular flexibility index (Phi) is 3.94. The van der Waals surface area contributed by atoms with E-state index >= 15 is 0 Å². The van der Waals surface area contributed by atoms with Gasteiger partial charge in [-0.15, -0.1) is 0 Å². The smallest absolute Gasteiger partial charge is 0.282 e. The fourth-order valence-corrected chi connectivity index (χ4v) is 5.12. The van der Waals surface area contributed by atoms with E-state index < -0.39 is 0 Å². The van der Waals surface area contributed by atoms with E-state index in [4.69, 9.17) is 11.6 Å². The first kappa shape index (κ1) is 17.9. The Balaban J connectivity index is 1.76. The Morgan fingerprint density at radius 1 is 1.14 bits per heavy atom. The van der Waals surface area contributed by atoms with Crippen molar-refractivity contribution in [3.05, 3.63) is 68.7 Å². The van der Waals surface area contributed by atoms with Gasteiger partial charge in [0.1, 0.15) is 5.82 Å². The Bertz CT molecular complexity index is 1160. The summed E-state index contributed by atoms with van der Waals surface area (Å²) in [6.45, 7) is 6.55. The third kappa shape index (κ3) is 2.48. The molecule has 0 N–H and O–H groups in total. The molecular formula is C23H24ClN3O. The van der Waals surface area contributed by atoms with E-state index in [1.165, 1.54) is 24.0 Å². The van der Waals surface area contributed by atoms with Gasteiger partial charge in [-0.3, -0.25) is 9.36 Å². The molecule has 4 nitrogen and oxygen atoms in total. The van der Waals surface area contributed by atoms with Crippen LogP contribution < -0.4 is 5.56 Å². The first-order valence-electron chi connectivity index (χ1n) is 9.93. The van der Waals surface area contributed by atoms with E-state index in [-0.39, 0.29) is 11.0 Å². The van der Waals surface area contributed by atoms with Crippen LogP contribution in [0.25, 0.3) is 16.6 Å². The predicted molar refractivity (Wildman–Crippen MR) is 114 cm³/mol. The van der Waals surface area contributed by atoms with Gasteiger partial charge in [0.25, 0.3) is 5.56 Å². The van der Waals surface area contributed by atoms with Gasteiger partial charge in [0, 0.05) is 0 Å². The maximum atomic E-state index is 12.7.